The number of nitrogens with zero attached hydrogens (tertiary/aromatic N) is 4. The number of amides is 3. The van der Waals surface area contributed by atoms with E-state index in [0.29, 0.717) is 21.1 Å². The van der Waals surface area contributed by atoms with Crippen LogP contribution in [0.4, 0.5) is 9.59 Å². The molecule has 0 unspecified atom stereocenters. The Morgan fingerprint density at radius 1 is 0.889 bits per heavy atom. The molecule has 0 aliphatic carbocycles. The summed E-state index contributed by atoms with van der Waals surface area (Å²) in [6.07, 6.45) is -0.939. The highest BCUT2D eigenvalue weighted by Gasteiger charge is 2.58. The average Bonchev–Trinajstić information content (AvgIpc) is 3.49. The second kappa shape index (κ2) is 11.8. The Hall–Kier alpha value is -3.81. The van der Waals surface area contributed by atoms with Crippen LogP contribution in [0.5, 0.6) is 0 Å². The van der Waals surface area contributed by atoms with Gasteiger partial charge in [0.25, 0.3) is 15.9 Å². The van der Waals surface area contributed by atoms with E-state index in [-0.39, 0.29) is 14.8 Å². The zero-order chi connectivity index (χ0) is 33.7. The third-order valence-electron chi connectivity index (χ3n) is 7.18. The van der Waals surface area contributed by atoms with Gasteiger partial charge in [-0.25, -0.2) is 23.0 Å². The van der Waals surface area contributed by atoms with Crippen molar-refractivity contribution in [1.82, 2.24) is 18.8 Å². The van der Waals surface area contributed by atoms with Crippen molar-refractivity contribution >= 4 is 60.6 Å². The molecule has 1 atom stereocenters. The van der Waals surface area contributed by atoms with E-state index in [1.54, 1.807) is 110 Å². The number of fused-ring (bicyclic) bond motifs is 2. The lowest BCUT2D eigenvalue weighted by molar-refractivity contribution is -0.142. The number of sulfonamides is 1. The normalized spacial score (nSPS) is 14.1. The molecule has 0 bridgehead atoms. The van der Waals surface area contributed by atoms with Gasteiger partial charge in [-0.05, 0) is 65.7 Å². The van der Waals surface area contributed by atoms with Crippen molar-refractivity contribution in [3.63, 3.8) is 0 Å². The molecule has 0 aliphatic heterocycles. The summed E-state index contributed by atoms with van der Waals surface area (Å²) in [5.74, 6) is -1.98. The second-order valence-corrected chi connectivity index (χ2v) is 16.3. The molecular formula is C32H40N4O7S2. The van der Waals surface area contributed by atoms with Gasteiger partial charge in [0.1, 0.15) is 16.7 Å². The summed E-state index contributed by atoms with van der Waals surface area (Å²) < 4.78 is 43.3. The number of rotatable bonds is 6. The van der Waals surface area contributed by atoms with Crippen molar-refractivity contribution in [2.24, 2.45) is 13.0 Å². The molecule has 0 N–H and O–H groups in total. The van der Waals surface area contributed by atoms with Gasteiger partial charge in [-0.3, -0.25) is 4.79 Å². The van der Waals surface area contributed by atoms with Gasteiger partial charge < -0.3 is 14.0 Å². The number of hydrogen-bond acceptors (Lipinski definition) is 9. The van der Waals surface area contributed by atoms with Crippen LogP contribution in [0.1, 0.15) is 61.0 Å². The van der Waals surface area contributed by atoms with Gasteiger partial charge in [-0.1, -0.05) is 44.2 Å². The lowest BCUT2D eigenvalue weighted by atomic mass is 9.78. The summed E-state index contributed by atoms with van der Waals surface area (Å²) >= 11 is 0.959. The first-order chi connectivity index (χ1) is 20.7. The molecule has 2 heterocycles. The Morgan fingerprint density at radius 2 is 1.42 bits per heavy atom. The minimum atomic E-state index is -4.53. The number of thiazole rings is 1. The van der Waals surface area contributed by atoms with Crippen molar-refractivity contribution in [2.45, 2.75) is 76.5 Å². The summed E-state index contributed by atoms with van der Waals surface area (Å²) in [6, 6.07) is 14.2. The lowest BCUT2D eigenvalue weighted by Gasteiger charge is -2.44. The minimum absolute atomic E-state index is 0.245. The Labute approximate surface area is 267 Å². The Balaban J connectivity index is 2.07. The van der Waals surface area contributed by atoms with Crippen molar-refractivity contribution in [3.05, 3.63) is 60.3 Å². The molecule has 0 saturated heterocycles. The number of likely N-dealkylation sites (N-methyl/N-ethyl adjacent to an activating group) is 1. The molecule has 2 aromatic heterocycles. The lowest BCUT2D eigenvalue weighted by Crippen LogP contribution is -2.63. The molecule has 45 heavy (non-hydrogen) atoms. The smallest absolute Gasteiger partial charge is 0.426 e. The van der Waals surface area contributed by atoms with Gasteiger partial charge in [-0.2, -0.15) is 4.31 Å². The summed E-state index contributed by atoms with van der Waals surface area (Å²) in [5, 5.41) is 0.557. The van der Waals surface area contributed by atoms with Crippen LogP contribution in [0.15, 0.2) is 59.1 Å². The van der Waals surface area contributed by atoms with E-state index < -0.39 is 50.8 Å². The van der Waals surface area contributed by atoms with E-state index in [9.17, 15) is 18.0 Å². The van der Waals surface area contributed by atoms with E-state index in [1.165, 1.54) is 7.05 Å². The second-order valence-electron chi connectivity index (χ2n) is 13.1. The third-order valence-corrected chi connectivity index (χ3v) is 10.4. The maximum Gasteiger partial charge on any atom is 0.426 e. The van der Waals surface area contributed by atoms with Crippen LogP contribution in [0.3, 0.4) is 0 Å². The molecule has 0 spiro atoms. The molecule has 13 heteroatoms. The first-order valence-electron chi connectivity index (χ1n) is 14.4. The molecule has 0 saturated carbocycles. The third kappa shape index (κ3) is 6.34. The summed E-state index contributed by atoms with van der Waals surface area (Å²) in [6.45, 7) is 12.9. The number of benzene rings is 2. The van der Waals surface area contributed by atoms with Crippen LogP contribution in [-0.2, 0) is 36.9 Å². The van der Waals surface area contributed by atoms with E-state index in [0.717, 1.165) is 15.6 Å². The van der Waals surface area contributed by atoms with Crippen molar-refractivity contribution in [2.75, 3.05) is 7.05 Å². The number of aromatic nitrogens is 2. The highest BCUT2D eigenvalue weighted by Crippen LogP contribution is 2.45. The first kappa shape index (κ1) is 34.1. The monoisotopic (exact) mass is 656 g/mol. The largest absolute Gasteiger partial charge is 0.443 e. The van der Waals surface area contributed by atoms with Gasteiger partial charge in [0, 0.05) is 36.8 Å². The van der Waals surface area contributed by atoms with Crippen LogP contribution in [0, 0.1) is 5.92 Å². The Morgan fingerprint density at radius 3 is 1.96 bits per heavy atom. The molecule has 0 radical (unpaired) electrons. The van der Waals surface area contributed by atoms with Gasteiger partial charge >= 0.3 is 12.2 Å². The fourth-order valence-corrected chi connectivity index (χ4v) is 8.22. The number of carbonyl (C=O) groups excluding carboxylic acids is 3. The minimum Gasteiger partial charge on any atom is -0.443 e. The van der Waals surface area contributed by atoms with Crippen LogP contribution in [-0.4, -0.2) is 63.5 Å². The fourth-order valence-electron chi connectivity index (χ4n) is 5.28. The fraction of sp³-hybridized carbons (Fsp3) is 0.438. The summed E-state index contributed by atoms with van der Waals surface area (Å²) in [4.78, 5) is 47.4. The molecule has 0 aliphatic rings. The predicted octanol–water partition coefficient (Wildman–Crippen LogP) is 6.66. The number of ether oxygens (including phenoxy) is 2. The van der Waals surface area contributed by atoms with E-state index in [4.69, 9.17) is 9.47 Å². The number of para-hydroxylation sites is 2. The SMILES string of the molecule is CC(C)[C@@](C(=O)N(C(=O)OC(C)(C)C)C(=O)OC(C)(C)C)(c1cn(C)c2ccccc12)N(C)S(=O)(=O)c1nc2ccccc2s1. The highest BCUT2D eigenvalue weighted by atomic mass is 32.2. The number of aryl methyl sites for hydroxylation is 1. The molecule has 4 rings (SSSR count). The zero-order valence-electron chi connectivity index (χ0n) is 27.2. The van der Waals surface area contributed by atoms with Crippen LogP contribution >= 0.6 is 11.3 Å². The maximum atomic E-state index is 15.2. The Kier molecular flexibility index (Phi) is 8.97. The van der Waals surface area contributed by atoms with Gasteiger partial charge in [0.05, 0.1) is 10.2 Å². The van der Waals surface area contributed by atoms with E-state index in [1.807, 2.05) is 12.1 Å². The number of imide groups is 3. The summed E-state index contributed by atoms with van der Waals surface area (Å²) in [5.41, 5.74) is -2.91. The van der Waals surface area contributed by atoms with Crippen LogP contribution in [0.2, 0.25) is 0 Å². The number of carbonyl (C=O) groups is 3. The predicted molar refractivity (Wildman–Crippen MR) is 173 cm³/mol. The van der Waals surface area contributed by atoms with E-state index in [2.05, 4.69) is 4.98 Å². The maximum absolute atomic E-state index is 15.2. The summed E-state index contributed by atoms with van der Waals surface area (Å²) in [7, 11) is -1.50. The molecule has 242 valence electrons. The van der Waals surface area contributed by atoms with Crippen LogP contribution < -0.4 is 0 Å². The number of hydrogen-bond donors (Lipinski definition) is 0. The zero-order valence-corrected chi connectivity index (χ0v) is 28.9. The molecular weight excluding hydrogens is 617 g/mol. The standard InChI is InChI=1S/C32H40N4O7S2/c1-20(2)32(22-19-34(9)24-17-13-11-15-21(22)24,35(10)45(40,41)27-33-23-16-12-14-18-25(23)44-27)26(37)36(28(38)42-30(3,4)5)29(39)43-31(6,7)8/h11-20H,1-10H3/t32-/m0/s1. The molecule has 0 fully saturated rings. The van der Waals surface area contributed by atoms with Crippen molar-refractivity contribution < 1.29 is 32.3 Å². The topological polar surface area (TPSA) is 128 Å². The average molecular weight is 657 g/mol. The highest BCUT2D eigenvalue weighted by molar-refractivity contribution is 7.91. The van der Waals surface area contributed by atoms with Crippen molar-refractivity contribution in [1.29, 1.82) is 0 Å². The quantitative estimate of drug-likeness (QED) is 0.225. The van der Waals surface area contributed by atoms with Crippen molar-refractivity contribution in [3.8, 4) is 0 Å². The van der Waals surface area contributed by atoms with Gasteiger partial charge in [-0.15, -0.1) is 16.2 Å². The Bertz CT molecular complexity index is 1820. The molecule has 4 aromatic rings. The van der Waals surface area contributed by atoms with E-state index >= 15 is 4.79 Å². The first-order valence-corrected chi connectivity index (χ1v) is 16.7. The van der Waals surface area contributed by atoms with Gasteiger partial charge in [0.15, 0.2) is 0 Å². The molecule has 2 aromatic carbocycles. The van der Waals surface area contributed by atoms with Crippen LogP contribution in [0.25, 0.3) is 21.1 Å². The van der Waals surface area contributed by atoms with Gasteiger partial charge in [0.2, 0.25) is 4.34 Å². The molecule has 3 amide bonds. The molecule has 11 nitrogen and oxygen atoms in total.